The lowest BCUT2D eigenvalue weighted by atomic mass is 10.2. The maximum atomic E-state index is 13.2. The number of carbonyl (C=O) groups is 2. The van der Waals surface area contributed by atoms with Crippen molar-refractivity contribution in [2.75, 3.05) is 26.2 Å². The average molecular weight is 416 g/mol. The van der Waals surface area contributed by atoms with E-state index in [0.717, 1.165) is 25.2 Å². The Morgan fingerprint density at radius 3 is 2.48 bits per heavy atom. The van der Waals surface area contributed by atoms with Crippen LogP contribution in [0.3, 0.4) is 0 Å². The van der Waals surface area contributed by atoms with Gasteiger partial charge in [-0.25, -0.2) is 0 Å². The van der Waals surface area contributed by atoms with E-state index in [1.807, 2.05) is 24.4 Å². The third kappa shape index (κ3) is 5.46. The van der Waals surface area contributed by atoms with Crippen molar-refractivity contribution in [1.29, 1.82) is 0 Å². The number of benzene rings is 1. The van der Waals surface area contributed by atoms with Crippen LogP contribution < -0.4 is 5.32 Å². The second-order valence-corrected chi connectivity index (χ2v) is 7.32. The summed E-state index contributed by atoms with van der Waals surface area (Å²) in [6.45, 7) is 3.46. The van der Waals surface area contributed by atoms with Crippen LogP contribution in [0.15, 0.2) is 83.4 Å². The van der Waals surface area contributed by atoms with Crippen LogP contribution >= 0.6 is 0 Å². The molecule has 4 rings (SSSR count). The fourth-order valence-corrected chi connectivity index (χ4v) is 3.48. The van der Waals surface area contributed by atoms with Crippen LogP contribution in [-0.4, -0.2) is 52.8 Å². The van der Waals surface area contributed by atoms with Gasteiger partial charge in [0.15, 0.2) is 0 Å². The van der Waals surface area contributed by atoms with Crippen molar-refractivity contribution < 1.29 is 14.0 Å². The van der Waals surface area contributed by atoms with Gasteiger partial charge >= 0.3 is 0 Å². The molecule has 31 heavy (non-hydrogen) atoms. The molecule has 1 saturated heterocycles. The van der Waals surface area contributed by atoms with Gasteiger partial charge in [-0.15, -0.1) is 0 Å². The first kappa shape index (κ1) is 20.6. The average Bonchev–Trinajstić information content (AvgIpc) is 3.33. The zero-order valence-electron chi connectivity index (χ0n) is 17.1. The predicted octanol–water partition coefficient (Wildman–Crippen LogP) is 2.79. The summed E-state index contributed by atoms with van der Waals surface area (Å²) in [4.78, 5) is 34.1. The van der Waals surface area contributed by atoms with Crippen molar-refractivity contribution in [3.8, 4) is 0 Å². The minimum Gasteiger partial charge on any atom is -0.465 e. The number of furan rings is 1. The maximum Gasteiger partial charge on any atom is 0.270 e. The summed E-state index contributed by atoms with van der Waals surface area (Å²) in [7, 11) is 0. The molecular formula is C24H24N4O3. The van der Waals surface area contributed by atoms with Crippen molar-refractivity contribution in [1.82, 2.24) is 20.1 Å². The van der Waals surface area contributed by atoms with Crippen molar-refractivity contribution in [3.05, 3.63) is 95.8 Å². The highest BCUT2D eigenvalue weighted by molar-refractivity contribution is 6.05. The lowest BCUT2D eigenvalue weighted by Crippen LogP contribution is -2.50. The molecular weight excluding hydrogens is 392 g/mol. The minimum absolute atomic E-state index is 0.199. The Labute approximate surface area is 181 Å². The number of nitrogens with one attached hydrogen (secondary N) is 1. The molecule has 0 unspecified atom stereocenters. The van der Waals surface area contributed by atoms with Crippen LogP contribution in [0.25, 0.3) is 6.08 Å². The summed E-state index contributed by atoms with van der Waals surface area (Å²) >= 11 is 0. The Morgan fingerprint density at radius 2 is 1.81 bits per heavy atom. The quantitative estimate of drug-likeness (QED) is 0.625. The molecule has 2 amide bonds. The molecule has 0 bridgehead atoms. The molecule has 0 saturated carbocycles. The van der Waals surface area contributed by atoms with Crippen molar-refractivity contribution in [3.63, 3.8) is 0 Å². The number of rotatable bonds is 6. The number of hydrogen-bond donors (Lipinski definition) is 1. The molecule has 2 aromatic heterocycles. The van der Waals surface area contributed by atoms with Gasteiger partial charge in [0.1, 0.15) is 11.5 Å². The number of amides is 2. The summed E-state index contributed by atoms with van der Waals surface area (Å²) in [6.07, 6.45) is 6.73. The monoisotopic (exact) mass is 416 g/mol. The highest BCUT2D eigenvalue weighted by Crippen LogP contribution is 2.13. The fraction of sp³-hybridized carbons (Fsp3) is 0.208. The summed E-state index contributed by atoms with van der Waals surface area (Å²) in [5.74, 6) is -0.0457. The van der Waals surface area contributed by atoms with Gasteiger partial charge in [0.25, 0.3) is 11.8 Å². The first-order valence-electron chi connectivity index (χ1n) is 10.2. The molecule has 7 nitrogen and oxygen atoms in total. The Bertz CT molecular complexity index is 1030. The molecule has 1 aliphatic heterocycles. The van der Waals surface area contributed by atoms with Crippen molar-refractivity contribution >= 4 is 17.9 Å². The molecule has 7 heteroatoms. The van der Waals surface area contributed by atoms with Gasteiger partial charge in [0.2, 0.25) is 0 Å². The van der Waals surface area contributed by atoms with Gasteiger partial charge in [-0.1, -0.05) is 24.3 Å². The molecule has 1 aromatic carbocycles. The first-order valence-corrected chi connectivity index (χ1v) is 10.2. The first-order chi connectivity index (χ1) is 15.2. The third-order valence-corrected chi connectivity index (χ3v) is 5.13. The molecule has 1 fully saturated rings. The van der Waals surface area contributed by atoms with E-state index in [-0.39, 0.29) is 17.5 Å². The van der Waals surface area contributed by atoms with E-state index < -0.39 is 0 Å². The van der Waals surface area contributed by atoms with Crippen LogP contribution in [0.1, 0.15) is 21.7 Å². The number of piperazine rings is 1. The van der Waals surface area contributed by atoms with Crippen LogP contribution in [-0.2, 0) is 11.3 Å². The van der Waals surface area contributed by atoms with Gasteiger partial charge in [-0.2, -0.15) is 0 Å². The van der Waals surface area contributed by atoms with E-state index in [9.17, 15) is 9.59 Å². The lowest BCUT2D eigenvalue weighted by molar-refractivity contribution is -0.129. The van der Waals surface area contributed by atoms with E-state index in [1.165, 1.54) is 6.26 Å². The Kier molecular flexibility index (Phi) is 6.54. The van der Waals surface area contributed by atoms with E-state index in [1.54, 1.807) is 53.6 Å². The molecule has 0 radical (unpaired) electrons. The topological polar surface area (TPSA) is 78.7 Å². The van der Waals surface area contributed by atoms with E-state index in [0.29, 0.717) is 24.4 Å². The van der Waals surface area contributed by atoms with Crippen LogP contribution in [0.4, 0.5) is 0 Å². The highest BCUT2D eigenvalue weighted by atomic mass is 16.3. The van der Waals surface area contributed by atoms with Crippen molar-refractivity contribution in [2.45, 2.75) is 6.54 Å². The van der Waals surface area contributed by atoms with Gasteiger partial charge in [-0.05, 0) is 35.9 Å². The number of aromatic nitrogens is 1. The molecule has 0 spiro atoms. The smallest absolute Gasteiger partial charge is 0.270 e. The maximum absolute atomic E-state index is 13.2. The SMILES string of the molecule is O=C(NC(=Cc1ccco1)C(=O)N1CCN(Cc2cccnc2)CC1)c1ccccc1. The van der Waals surface area contributed by atoms with Crippen LogP contribution in [0, 0.1) is 0 Å². The molecule has 1 N–H and O–H groups in total. The summed E-state index contributed by atoms with van der Waals surface area (Å²) in [5, 5.41) is 2.77. The normalized spacial score (nSPS) is 15.0. The fourth-order valence-electron chi connectivity index (χ4n) is 3.48. The zero-order valence-corrected chi connectivity index (χ0v) is 17.1. The lowest BCUT2D eigenvalue weighted by Gasteiger charge is -2.35. The van der Waals surface area contributed by atoms with Gasteiger partial charge < -0.3 is 14.6 Å². The Balaban J connectivity index is 1.43. The number of hydrogen-bond acceptors (Lipinski definition) is 5. The van der Waals surface area contributed by atoms with E-state index in [4.69, 9.17) is 4.42 Å². The van der Waals surface area contributed by atoms with E-state index >= 15 is 0 Å². The van der Waals surface area contributed by atoms with Crippen LogP contribution in [0.5, 0.6) is 0 Å². The summed E-state index contributed by atoms with van der Waals surface area (Å²) < 4.78 is 5.36. The third-order valence-electron chi connectivity index (χ3n) is 5.13. The largest absolute Gasteiger partial charge is 0.465 e. The molecule has 1 aliphatic rings. The molecule has 158 valence electrons. The standard InChI is InChI=1S/C24H24N4O3/c29-23(20-7-2-1-3-8-20)26-22(16-21-9-5-15-31-21)24(30)28-13-11-27(12-14-28)18-19-6-4-10-25-17-19/h1-10,15-17H,11-14,18H2,(H,26,29). The van der Waals surface area contributed by atoms with Gasteiger partial charge in [0.05, 0.1) is 6.26 Å². The zero-order chi connectivity index (χ0) is 21.5. The van der Waals surface area contributed by atoms with Gasteiger partial charge in [0, 0.05) is 56.8 Å². The summed E-state index contributed by atoms with van der Waals surface area (Å²) in [5.41, 5.74) is 1.84. The predicted molar refractivity (Wildman–Crippen MR) is 117 cm³/mol. The second kappa shape index (κ2) is 9.86. The molecule has 3 aromatic rings. The minimum atomic E-state index is -0.332. The molecule has 0 atom stereocenters. The van der Waals surface area contributed by atoms with Crippen LogP contribution in [0.2, 0.25) is 0 Å². The summed E-state index contributed by atoms with van der Waals surface area (Å²) in [6, 6.07) is 16.3. The van der Waals surface area contributed by atoms with E-state index in [2.05, 4.69) is 15.2 Å². The Hall–Kier alpha value is -3.71. The van der Waals surface area contributed by atoms with Crippen molar-refractivity contribution in [2.24, 2.45) is 0 Å². The number of nitrogens with zero attached hydrogens (tertiary/aromatic N) is 3. The molecule has 3 heterocycles. The number of pyridine rings is 1. The Morgan fingerprint density at radius 1 is 1.00 bits per heavy atom. The highest BCUT2D eigenvalue weighted by Gasteiger charge is 2.25. The molecule has 0 aliphatic carbocycles. The van der Waals surface area contributed by atoms with Gasteiger partial charge in [-0.3, -0.25) is 19.5 Å². The number of carbonyl (C=O) groups excluding carboxylic acids is 2. The second-order valence-electron chi connectivity index (χ2n) is 7.32.